The standard InChI is InChI=1S/C26H27O3P.C16H16O3.C13H10O/c1-16-12-18(3)23(19(4)13-16)25(27)30(29,22-10-8-7-9-11-22)26(28)24-20(5)14-17(2)15-21(24)6;1-18-16(19-2,14-11-7-4-8-12-14)15(17)13-9-5-3-6-10-13;14-13(11-7-3-1-4-8-11)12-9-5-2-6-10-12/h7-15H,1-6H3;3-12H,1-2H3;1-10H. The zero-order valence-electron chi connectivity index (χ0n) is 37.0. The SMILES string of the molecule is COC(OC)(C(=O)c1ccccc1)c1ccccc1.Cc1cc(C)c(C(=O)P(=O)(C(=O)c2c(C)cc(C)cc2C)c2ccccc2)c(C)c1.O=C(c1ccccc1)c1ccccc1. The number of carbonyl (C=O) groups is 4. The molecule has 7 aromatic carbocycles. The van der Waals surface area contributed by atoms with Crippen LogP contribution in [0.3, 0.4) is 0 Å². The van der Waals surface area contributed by atoms with Crippen LogP contribution in [0.5, 0.6) is 0 Å². The zero-order chi connectivity index (χ0) is 45.7. The summed E-state index contributed by atoms with van der Waals surface area (Å²) in [4.78, 5) is 52.2. The van der Waals surface area contributed by atoms with Gasteiger partial charge in [-0.05, 0) is 63.8 Å². The molecule has 0 heterocycles. The van der Waals surface area contributed by atoms with Crippen LogP contribution in [0.2, 0.25) is 0 Å². The van der Waals surface area contributed by atoms with Gasteiger partial charge in [0.2, 0.25) is 24.0 Å². The van der Waals surface area contributed by atoms with Gasteiger partial charge in [0, 0.05) is 52.9 Å². The molecule has 0 aliphatic heterocycles. The number of rotatable bonds is 12. The molecular weight excluding hydrogens is 804 g/mol. The van der Waals surface area contributed by atoms with E-state index in [9.17, 15) is 23.7 Å². The van der Waals surface area contributed by atoms with Crippen LogP contribution >= 0.6 is 7.14 Å². The Morgan fingerprint density at radius 1 is 0.429 bits per heavy atom. The molecule has 0 aliphatic rings. The van der Waals surface area contributed by atoms with Crippen molar-refractivity contribution in [2.45, 2.75) is 47.3 Å². The molecule has 0 spiro atoms. The highest BCUT2D eigenvalue weighted by molar-refractivity contribution is 8.01. The number of ketones is 2. The lowest BCUT2D eigenvalue weighted by Crippen LogP contribution is -2.39. The molecule has 63 heavy (non-hydrogen) atoms. The van der Waals surface area contributed by atoms with E-state index < -0.39 is 24.0 Å². The van der Waals surface area contributed by atoms with Crippen molar-refractivity contribution < 1.29 is 33.2 Å². The van der Waals surface area contributed by atoms with Gasteiger partial charge in [-0.1, -0.05) is 187 Å². The zero-order valence-corrected chi connectivity index (χ0v) is 37.9. The minimum absolute atomic E-state index is 0.0752. The number of hydrogen-bond acceptors (Lipinski definition) is 7. The molecule has 0 saturated carbocycles. The van der Waals surface area contributed by atoms with Crippen molar-refractivity contribution >= 4 is 35.1 Å². The molecule has 7 aromatic rings. The fraction of sp³-hybridized carbons (Fsp3) is 0.164. The molecular formula is C55H53O7P. The van der Waals surface area contributed by atoms with Gasteiger partial charge in [0.15, 0.2) is 5.78 Å². The van der Waals surface area contributed by atoms with Gasteiger partial charge in [0.05, 0.1) is 0 Å². The molecule has 0 atom stereocenters. The highest BCUT2D eigenvalue weighted by Crippen LogP contribution is 2.52. The van der Waals surface area contributed by atoms with Gasteiger partial charge in [-0.2, -0.15) is 0 Å². The first kappa shape index (κ1) is 47.4. The first-order valence-corrected chi connectivity index (χ1v) is 22.2. The molecule has 0 aromatic heterocycles. The van der Waals surface area contributed by atoms with Crippen LogP contribution in [0.1, 0.15) is 85.9 Å². The van der Waals surface area contributed by atoms with Gasteiger partial charge >= 0.3 is 0 Å². The van der Waals surface area contributed by atoms with E-state index in [2.05, 4.69) is 0 Å². The summed E-state index contributed by atoms with van der Waals surface area (Å²) in [5.41, 5.74) is 7.25. The Labute approximate surface area is 371 Å². The molecule has 0 amide bonds. The van der Waals surface area contributed by atoms with E-state index in [0.29, 0.717) is 22.3 Å². The van der Waals surface area contributed by atoms with Gasteiger partial charge in [-0.15, -0.1) is 0 Å². The second-order valence-corrected chi connectivity index (χ2v) is 17.8. The van der Waals surface area contributed by atoms with Crippen molar-refractivity contribution in [1.29, 1.82) is 0 Å². The molecule has 0 saturated heterocycles. The number of methoxy groups -OCH3 is 2. The minimum atomic E-state index is -4.11. The Hall–Kier alpha value is -6.63. The summed E-state index contributed by atoms with van der Waals surface area (Å²) in [6, 6.07) is 52.8. The normalized spacial score (nSPS) is 11.0. The van der Waals surface area contributed by atoms with E-state index in [-0.39, 0.29) is 16.9 Å². The van der Waals surface area contributed by atoms with Crippen LogP contribution in [0.15, 0.2) is 176 Å². The van der Waals surface area contributed by atoms with Gasteiger partial charge < -0.3 is 14.0 Å². The molecule has 0 fully saturated rings. The summed E-state index contributed by atoms with van der Waals surface area (Å²) in [6.07, 6.45) is 0. The lowest BCUT2D eigenvalue weighted by molar-refractivity contribution is -0.176. The Morgan fingerprint density at radius 2 is 0.730 bits per heavy atom. The Bertz CT molecular complexity index is 2570. The second kappa shape index (κ2) is 21.4. The quantitative estimate of drug-likeness (QED) is 0.0685. The van der Waals surface area contributed by atoms with Crippen LogP contribution in [0.25, 0.3) is 0 Å². The maximum Gasteiger partial charge on any atom is 0.260 e. The largest absolute Gasteiger partial charge is 0.343 e. The lowest BCUT2D eigenvalue weighted by Gasteiger charge is -2.29. The summed E-state index contributed by atoms with van der Waals surface area (Å²) in [7, 11) is -1.17. The molecule has 0 radical (unpaired) electrons. The average Bonchev–Trinajstić information content (AvgIpc) is 3.30. The maximum atomic E-state index is 14.5. The molecule has 7 nitrogen and oxygen atoms in total. The molecule has 0 aliphatic carbocycles. The first-order chi connectivity index (χ1) is 30.2. The van der Waals surface area contributed by atoms with Gasteiger partial charge in [-0.25, -0.2) is 0 Å². The van der Waals surface area contributed by atoms with Gasteiger partial charge in [-0.3, -0.25) is 19.2 Å². The highest BCUT2D eigenvalue weighted by Gasteiger charge is 2.45. The van der Waals surface area contributed by atoms with Gasteiger partial charge in [0.1, 0.15) is 0 Å². The topological polar surface area (TPSA) is 104 Å². The summed E-state index contributed by atoms with van der Waals surface area (Å²) in [5, 5.41) is 0.277. The Kier molecular flexibility index (Phi) is 16.1. The Morgan fingerprint density at radius 3 is 1.06 bits per heavy atom. The Balaban J connectivity index is 0.000000193. The molecule has 8 heteroatoms. The third kappa shape index (κ3) is 10.7. The fourth-order valence-corrected chi connectivity index (χ4v) is 10.3. The van der Waals surface area contributed by atoms with Gasteiger partial charge in [0.25, 0.3) is 5.79 Å². The van der Waals surface area contributed by atoms with Crippen molar-refractivity contribution in [2.24, 2.45) is 0 Å². The van der Waals surface area contributed by atoms with E-state index in [4.69, 9.17) is 9.47 Å². The number of benzene rings is 7. The number of aryl methyl sites for hydroxylation is 6. The van der Waals surface area contributed by atoms with E-state index in [1.165, 1.54) is 14.2 Å². The highest BCUT2D eigenvalue weighted by atomic mass is 31.2. The van der Waals surface area contributed by atoms with Crippen LogP contribution in [0, 0.1) is 41.5 Å². The smallest absolute Gasteiger partial charge is 0.260 e. The minimum Gasteiger partial charge on any atom is -0.343 e. The summed E-state index contributed by atoms with van der Waals surface area (Å²) in [5.74, 6) is -1.54. The van der Waals surface area contributed by atoms with Crippen molar-refractivity contribution in [3.8, 4) is 0 Å². The van der Waals surface area contributed by atoms with Crippen LogP contribution in [-0.4, -0.2) is 36.8 Å². The number of hydrogen-bond donors (Lipinski definition) is 0. The molecule has 0 N–H and O–H groups in total. The first-order valence-electron chi connectivity index (χ1n) is 20.5. The summed E-state index contributed by atoms with van der Waals surface area (Å²) in [6.45, 7) is 11.2. The van der Waals surface area contributed by atoms with Crippen molar-refractivity contribution in [3.63, 3.8) is 0 Å². The third-order valence-corrected chi connectivity index (χ3v) is 13.2. The lowest BCUT2D eigenvalue weighted by atomic mass is 9.96. The average molecular weight is 857 g/mol. The number of carbonyl (C=O) groups excluding carboxylic acids is 4. The van der Waals surface area contributed by atoms with E-state index >= 15 is 0 Å². The third-order valence-electron chi connectivity index (χ3n) is 10.6. The molecule has 320 valence electrons. The predicted molar refractivity (Wildman–Crippen MR) is 253 cm³/mol. The van der Waals surface area contributed by atoms with Crippen molar-refractivity contribution in [1.82, 2.24) is 0 Å². The van der Waals surface area contributed by atoms with E-state index in [0.717, 1.165) is 44.5 Å². The molecule has 0 unspecified atom stereocenters. The summed E-state index contributed by atoms with van der Waals surface area (Å²) < 4.78 is 25.3. The number of Topliss-reactive ketones (excluding diaryl/α,β-unsaturated/α-hetero) is 1. The van der Waals surface area contributed by atoms with Crippen LogP contribution in [-0.2, 0) is 19.8 Å². The van der Waals surface area contributed by atoms with Crippen molar-refractivity contribution in [2.75, 3.05) is 14.2 Å². The van der Waals surface area contributed by atoms with Crippen molar-refractivity contribution in [3.05, 3.63) is 243 Å². The van der Waals surface area contributed by atoms with E-state index in [1.807, 2.05) is 175 Å². The number of ether oxygens (including phenoxy) is 2. The van der Waals surface area contributed by atoms with Crippen LogP contribution in [0.4, 0.5) is 0 Å². The maximum absolute atomic E-state index is 14.5. The molecule has 0 bridgehead atoms. The monoisotopic (exact) mass is 856 g/mol. The fourth-order valence-electron chi connectivity index (χ4n) is 7.73. The summed E-state index contributed by atoms with van der Waals surface area (Å²) >= 11 is 0. The predicted octanol–water partition coefficient (Wildman–Crippen LogP) is 12.1. The second-order valence-electron chi connectivity index (χ2n) is 15.2. The van der Waals surface area contributed by atoms with Crippen LogP contribution < -0.4 is 5.30 Å². The van der Waals surface area contributed by atoms with E-state index in [1.54, 1.807) is 42.5 Å². The molecule has 7 rings (SSSR count).